The van der Waals surface area contributed by atoms with Crippen LogP contribution in [0.1, 0.15) is 35.4 Å². The molecule has 29 heavy (non-hydrogen) atoms. The van der Waals surface area contributed by atoms with E-state index in [0.29, 0.717) is 13.2 Å². The summed E-state index contributed by atoms with van der Waals surface area (Å²) < 4.78 is 13.3. The maximum Gasteiger partial charge on any atom is 0.232 e. The third kappa shape index (κ3) is 3.79. The Morgan fingerprint density at radius 1 is 1.10 bits per heavy atom. The van der Waals surface area contributed by atoms with Gasteiger partial charge in [0, 0.05) is 30.8 Å². The molecule has 2 aromatic heterocycles. The lowest BCUT2D eigenvalue weighted by atomic mass is 9.97. The largest absolute Gasteiger partial charge is 0.378 e. The molecule has 2 aliphatic rings. The summed E-state index contributed by atoms with van der Waals surface area (Å²) in [5.74, 6) is 2.69. The number of aryl methyl sites for hydroxylation is 2. The molecule has 1 aliphatic carbocycles. The van der Waals surface area contributed by atoms with Crippen molar-refractivity contribution in [3.8, 4) is 5.69 Å². The van der Waals surface area contributed by atoms with Crippen LogP contribution in [0.15, 0.2) is 33.9 Å². The summed E-state index contributed by atoms with van der Waals surface area (Å²) in [7, 11) is 0. The minimum Gasteiger partial charge on any atom is -0.378 e. The molecule has 0 spiro atoms. The van der Waals surface area contributed by atoms with Crippen LogP contribution in [-0.4, -0.2) is 46.2 Å². The molecule has 7 nitrogen and oxygen atoms in total. The normalized spacial score (nSPS) is 16.8. The first-order valence-electron chi connectivity index (χ1n) is 10.2. The second-order valence-electron chi connectivity index (χ2n) is 7.58. The molecular formula is C21H25N5O2S. The molecule has 0 unspecified atom stereocenters. The van der Waals surface area contributed by atoms with Crippen LogP contribution in [0, 0.1) is 6.92 Å². The number of anilines is 1. The maximum absolute atomic E-state index is 5.58. The molecule has 0 N–H and O–H groups in total. The van der Waals surface area contributed by atoms with E-state index in [9.17, 15) is 0 Å². The summed E-state index contributed by atoms with van der Waals surface area (Å²) >= 11 is 1.67. The highest BCUT2D eigenvalue weighted by atomic mass is 32.2. The summed E-state index contributed by atoms with van der Waals surface area (Å²) in [5, 5.41) is 14.3. The SMILES string of the molecule is Cc1cccc(-n2c(SCc3noc4c3CCCC4)nnc2N2CCOCC2)c1. The average molecular weight is 412 g/mol. The fourth-order valence-electron chi connectivity index (χ4n) is 4.01. The molecule has 0 radical (unpaired) electrons. The third-order valence-corrected chi connectivity index (χ3v) is 6.48. The monoisotopic (exact) mass is 411 g/mol. The number of hydrogen-bond donors (Lipinski definition) is 0. The van der Waals surface area contributed by atoms with Gasteiger partial charge in [-0.3, -0.25) is 4.57 Å². The second kappa shape index (κ2) is 8.20. The van der Waals surface area contributed by atoms with Gasteiger partial charge in [0.1, 0.15) is 5.76 Å². The topological polar surface area (TPSA) is 69.2 Å². The molecule has 1 fully saturated rings. The van der Waals surface area contributed by atoms with Crippen LogP contribution in [0.5, 0.6) is 0 Å². The standard InChI is InChI=1S/C21H25N5O2S/c1-15-5-4-6-16(13-15)26-20(25-9-11-27-12-10-25)22-23-21(26)29-14-18-17-7-2-3-8-19(17)28-24-18/h4-6,13H,2-3,7-12,14H2,1H3. The van der Waals surface area contributed by atoms with Crippen LogP contribution in [0.3, 0.4) is 0 Å². The van der Waals surface area contributed by atoms with Gasteiger partial charge in [-0.15, -0.1) is 10.2 Å². The average Bonchev–Trinajstić information content (AvgIpc) is 3.37. The van der Waals surface area contributed by atoms with Crippen molar-refractivity contribution < 1.29 is 9.26 Å². The van der Waals surface area contributed by atoms with Crippen LogP contribution in [0.2, 0.25) is 0 Å². The Morgan fingerprint density at radius 2 is 1.97 bits per heavy atom. The third-order valence-electron chi connectivity index (χ3n) is 5.54. The zero-order valence-electron chi connectivity index (χ0n) is 16.6. The zero-order chi connectivity index (χ0) is 19.6. The molecule has 3 heterocycles. The predicted molar refractivity (Wildman–Crippen MR) is 112 cm³/mol. The van der Waals surface area contributed by atoms with Crippen molar-refractivity contribution in [2.24, 2.45) is 0 Å². The van der Waals surface area contributed by atoms with Crippen molar-refractivity contribution >= 4 is 17.7 Å². The highest BCUT2D eigenvalue weighted by molar-refractivity contribution is 7.98. The fraction of sp³-hybridized carbons (Fsp3) is 0.476. The van der Waals surface area contributed by atoms with Crippen LogP contribution >= 0.6 is 11.8 Å². The van der Waals surface area contributed by atoms with E-state index in [-0.39, 0.29) is 0 Å². The molecule has 5 rings (SSSR count). The van der Waals surface area contributed by atoms with Gasteiger partial charge in [-0.1, -0.05) is 29.1 Å². The predicted octanol–water partition coefficient (Wildman–Crippen LogP) is 3.57. The van der Waals surface area contributed by atoms with Crippen molar-refractivity contribution in [1.29, 1.82) is 0 Å². The molecule has 0 amide bonds. The van der Waals surface area contributed by atoms with Crippen molar-refractivity contribution in [1.82, 2.24) is 19.9 Å². The van der Waals surface area contributed by atoms with E-state index in [2.05, 4.69) is 56.0 Å². The first kappa shape index (κ1) is 18.7. The highest BCUT2D eigenvalue weighted by Gasteiger charge is 2.24. The number of ether oxygens (including phenoxy) is 1. The lowest BCUT2D eigenvalue weighted by Crippen LogP contribution is -2.37. The molecule has 3 aromatic rings. The van der Waals surface area contributed by atoms with E-state index in [1.165, 1.54) is 24.0 Å². The van der Waals surface area contributed by atoms with Gasteiger partial charge in [0.2, 0.25) is 5.95 Å². The molecule has 1 aromatic carbocycles. The Kier molecular flexibility index (Phi) is 5.28. The Labute approximate surface area is 174 Å². The van der Waals surface area contributed by atoms with E-state index in [1.54, 1.807) is 11.8 Å². The van der Waals surface area contributed by atoms with Crippen molar-refractivity contribution in [2.45, 2.75) is 43.5 Å². The molecule has 0 atom stereocenters. The number of thioether (sulfide) groups is 1. The number of morpholine rings is 1. The molecule has 8 heteroatoms. The summed E-state index contributed by atoms with van der Waals surface area (Å²) in [6.07, 6.45) is 4.48. The lowest BCUT2D eigenvalue weighted by Gasteiger charge is -2.28. The number of hydrogen-bond acceptors (Lipinski definition) is 7. The molecule has 1 aliphatic heterocycles. The summed E-state index contributed by atoms with van der Waals surface area (Å²) in [5.41, 5.74) is 4.65. The Balaban J connectivity index is 1.46. The van der Waals surface area contributed by atoms with E-state index < -0.39 is 0 Å². The van der Waals surface area contributed by atoms with E-state index in [0.717, 1.165) is 59.9 Å². The second-order valence-corrected chi connectivity index (χ2v) is 8.53. The van der Waals surface area contributed by atoms with Crippen LogP contribution in [0.4, 0.5) is 5.95 Å². The van der Waals surface area contributed by atoms with Gasteiger partial charge < -0.3 is 14.2 Å². The van der Waals surface area contributed by atoms with E-state index >= 15 is 0 Å². The van der Waals surface area contributed by atoms with Crippen molar-refractivity contribution in [3.63, 3.8) is 0 Å². The van der Waals surface area contributed by atoms with E-state index in [4.69, 9.17) is 9.26 Å². The number of aromatic nitrogens is 4. The summed E-state index contributed by atoms with van der Waals surface area (Å²) in [4.78, 5) is 2.25. The molecular weight excluding hydrogens is 386 g/mol. The van der Waals surface area contributed by atoms with Crippen LogP contribution in [-0.2, 0) is 23.3 Å². The first-order chi connectivity index (χ1) is 14.3. The fourth-order valence-corrected chi connectivity index (χ4v) is 4.92. The Bertz CT molecular complexity index is 993. The minimum atomic E-state index is 0.716. The number of fused-ring (bicyclic) bond motifs is 1. The molecule has 1 saturated heterocycles. The van der Waals surface area contributed by atoms with Gasteiger partial charge >= 0.3 is 0 Å². The molecule has 152 valence electrons. The maximum atomic E-state index is 5.58. The van der Waals surface area contributed by atoms with Crippen LogP contribution in [0.25, 0.3) is 5.69 Å². The highest BCUT2D eigenvalue weighted by Crippen LogP contribution is 2.32. The van der Waals surface area contributed by atoms with Gasteiger partial charge in [-0.05, 0) is 43.9 Å². The minimum absolute atomic E-state index is 0.716. The van der Waals surface area contributed by atoms with Gasteiger partial charge in [0.25, 0.3) is 0 Å². The van der Waals surface area contributed by atoms with Gasteiger partial charge in [-0.25, -0.2) is 0 Å². The van der Waals surface area contributed by atoms with Crippen LogP contribution < -0.4 is 4.90 Å². The first-order valence-corrected chi connectivity index (χ1v) is 11.2. The van der Waals surface area contributed by atoms with Gasteiger partial charge in [0.15, 0.2) is 5.16 Å². The number of rotatable bonds is 5. The quantitative estimate of drug-likeness (QED) is 0.595. The van der Waals surface area contributed by atoms with Gasteiger partial charge in [-0.2, -0.15) is 0 Å². The summed E-state index contributed by atoms with van der Waals surface area (Å²) in [6, 6.07) is 8.48. The zero-order valence-corrected chi connectivity index (χ0v) is 17.5. The van der Waals surface area contributed by atoms with Crippen molar-refractivity contribution in [3.05, 3.63) is 46.8 Å². The van der Waals surface area contributed by atoms with Crippen molar-refractivity contribution in [2.75, 3.05) is 31.2 Å². The molecule has 0 saturated carbocycles. The lowest BCUT2D eigenvalue weighted by molar-refractivity contribution is 0.122. The Hall–Kier alpha value is -2.32. The smallest absolute Gasteiger partial charge is 0.232 e. The Morgan fingerprint density at radius 3 is 2.83 bits per heavy atom. The molecule has 0 bridgehead atoms. The van der Waals surface area contributed by atoms with Gasteiger partial charge in [0.05, 0.1) is 24.6 Å². The number of benzene rings is 1. The number of nitrogens with zero attached hydrogens (tertiary/aromatic N) is 5. The van der Waals surface area contributed by atoms with E-state index in [1.807, 2.05) is 0 Å². The summed E-state index contributed by atoms with van der Waals surface area (Å²) in [6.45, 7) is 5.19.